The lowest BCUT2D eigenvalue weighted by Crippen LogP contribution is -2.11. The van der Waals surface area contributed by atoms with Gasteiger partial charge in [-0.2, -0.15) is 0 Å². The molecule has 0 aromatic carbocycles. The van der Waals surface area contributed by atoms with E-state index in [0.717, 1.165) is 6.20 Å². The van der Waals surface area contributed by atoms with Crippen molar-refractivity contribution in [1.29, 1.82) is 0 Å². The van der Waals surface area contributed by atoms with Crippen molar-refractivity contribution >= 4 is 21.9 Å². The molecular formula is C9H8BrF2NO3. The second-order valence-electron chi connectivity index (χ2n) is 2.74. The molecule has 1 aromatic heterocycles. The number of aromatic nitrogens is 1. The number of rotatable bonds is 3. The van der Waals surface area contributed by atoms with Crippen LogP contribution in [0.5, 0.6) is 5.75 Å². The Morgan fingerprint density at radius 1 is 1.69 bits per heavy atom. The molecule has 0 amide bonds. The number of hydrogen-bond donors (Lipinski definition) is 1. The van der Waals surface area contributed by atoms with E-state index in [-0.39, 0.29) is 11.1 Å². The molecule has 1 rings (SSSR count). The highest BCUT2D eigenvalue weighted by atomic mass is 79.9. The lowest BCUT2D eigenvalue weighted by atomic mass is 10.2. The molecule has 0 aliphatic rings. The van der Waals surface area contributed by atoms with Gasteiger partial charge in [0.1, 0.15) is 5.75 Å². The van der Waals surface area contributed by atoms with Crippen LogP contribution in [-0.4, -0.2) is 22.7 Å². The minimum absolute atomic E-state index is 0.0572. The number of halogens is 3. The first kappa shape index (κ1) is 12.8. The summed E-state index contributed by atoms with van der Waals surface area (Å²) in [6.07, 6.45) is -2.03. The number of nitrogens with zero attached hydrogens (tertiary/aromatic N) is 1. The molecule has 0 saturated carbocycles. The molecule has 0 saturated heterocycles. The molecule has 16 heavy (non-hydrogen) atoms. The number of pyridine rings is 1. The van der Waals surface area contributed by atoms with Crippen LogP contribution in [0.2, 0.25) is 0 Å². The molecule has 1 aromatic rings. The summed E-state index contributed by atoms with van der Waals surface area (Å²) in [4.78, 5) is 14.8. The molecule has 0 spiro atoms. The standard InChI is InChI=1S/C9H8BrF2NO3/c1-2-16-9(15)7-5(8(11)12)6(10)4(14)3-13-7/h3,8,14H,2H2,1H3. The number of alkyl halides is 2. The second-order valence-corrected chi connectivity index (χ2v) is 3.53. The minimum Gasteiger partial charge on any atom is -0.505 e. The van der Waals surface area contributed by atoms with Gasteiger partial charge in [-0.3, -0.25) is 0 Å². The Kier molecular flexibility index (Phi) is 4.17. The van der Waals surface area contributed by atoms with Gasteiger partial charge in [-0.1, -0.05) is 0 Å². The lowest BCUT2D eigenvalue weighted by molar-refractivity contribution is 0.0507. The van der Waals surface area contributed by atoms with Crippen LogP contribution in [0.25, 0.3) is 0 Å². The molecule has 88 valence electrons. The lowest BCUT2D eigenvalue weighted by Gasteiger charge is -2.09. The molecule has 7 heteroatoms. The second kappa shape index (κ2) is 5.20. The Morgan fingerprint density at radius 3 is 2.81 bits per heavy atom. The fourth-order valence-electron chi connectivity index (χ4n) is 1.06. The molecule has 0 unspecified atom stereocenters. The third-order valence-corrected chi connectivity index (χ3v) is 2.55. The number of carbonyl (C=O) groups excluding carboxylic acids is 1. The Morgan fingerprint density at radius 2 is 2.31 bits per heavy atom. The highest BCUT2D eigenvalue weighted by Crippen LogP contribution is 2.35. The van der Waals surface area contributed by atoms with Gasteiger partial charge in [-0.05, 0) is 22.9 Å². The summed E-state index contributed by atoms with van der Waals surface area (Å²) < 4.78 is 29.7. The summed E-state index contributed by atoms with van der Waals surface area (Å²) in [6, 6.07) is 0. The van der Waals surface area contributed by atoms with Crippen LogP contribution in [0, 0.1) is 0 Å². The van der Waals surface area contributed by atoms with Gasteiger partial charge in [0, 0.05) is 0 Å². The summed E-state index contributed by atoms with van der Waals surface area (Å²) in [5.41, 5.74) is -1.17. The van der Waals surface area contributed by atoms with E-state index in [9.17, 15) is 18.7 Å². The Labute approximate surface area is 98.4 Å². The van der Waals surface area contributed by atoms with Crippen LogP contribution in [0.1, 0.15) is 29.4 Å². The maximum atomic E-state index is 12.7. The molecule has 0 radical (unpaired) electrons. The number of carbonyl (C=O) groups is 1. The Hall–Kier alpha value is -1.24. The SMILES string of the molecule is CCOC(=O)c1ncc(O)c(Br)c1C(F)F. The van der Waals surface area contributed by atoms with Crippen molar-refractivity contribution < 1.29 is 23.4 Å². The van der Waals surface area contributed by atoms with Gasteiger partial charge in [0.2, 0.25) is 0 Å². The van der Waals surface area contributed by atoms with E-state index in [2.05, 4.69) is 25.7 Å². The topological polar surface area (TPSA) is 59.4 Å². The maximum absolute atomic E-state index is 12.7. The first-order chi connectivity index (χ1) is 7.49. The molecule has 0 aliphatic heterocycles. The average molecular weight is 296 g/mol. The molecule has 1 heterocycles. The maximum Gasteiger partial charge on any atom is 0.357 e. The highest BCUT2D eigenvalue weighted by molar-refractivity contribution is 9.10. The molecule has 0 bridgehead atoms. The molecule has 4 nitrogen and oxygen atoms in total. The Balaban J connectivity index is 3.28. The molecular weight excluding hydrogens is 288 g/mol. The first-order valence-corrected chi connectivity index (χ1v) is 5.11. The first-order valence-electron chi connectivity index (χ1n) is 4.31. The van der Waals surface area contributed by atoms with E-state index >= 15 is 0 Å². The minimum atomic E-state index is -2.94. The Bertz CT molecular complexity index is 412. The third kappa shape index (κ3) is 2.46. The summed E-state index contributed by atoms with van der Waals surface area (Å²) in [7, 11) is 0. The predicted molar refractivity (Wildman–Crippen MR) is 54.5 cm³/mol. The van der Waals surface area contributed by atoms with Crippen LogP contribution in [0.3, 0.4) is 0 Å². The zero-order chi connectivity index (χ0) is 12.3. The van der Waals surface area contributed by atoms with Crippen molar-refractivity contribution in [3.63, 3.8) is 0 Å². The van der Waals surface area contributed by atoms with Crippen molar-refractivity contribution in [3.8, 4) is 5.75 Å². The predicted octanol–water partition coefficient (Wildman–Crippen LogP) is 2.66. The zero-order valence-electron chi connectivity index (χ0n) is 8.21. The summed E-state index contributed by atoms with van der Waals surface area (Å²) >= 11 is 2.77. The van der Waals surface area contributed by atoms with Crippen molar-refractivity contribution in [2.45, 2.75) is 13.3 Å². The van der Waals surface area contributed by atoms with Gasteiger partial charge < -0.3 is 9.84 Å². The monoisotopic (exact) mass is 295 g/mol. The fraction of sp³-hybridized carbons (Fsp3) is 0.333. The number of ether oxygens (including phenoxy) is 1. The number of hydrogen-bond acceptors (Lipinski definition) is 4. The highest BCUT2D eigenvalue weighted by Gasteiger charge is 2.25. The van der Waals surface area contributed by atoms with E-state index in [4.69, 9.17) is 0 Å². The van der Waals surface area contributed by atoms with Gasteiger partial charge in [-0.25, -0.2) is 18.6 Å². The van der Waals surface area contributed by atoms with Gasteiger partial charge in [0.05, 0.1) is 22.8 Å². The third-order valence-electron chi connectivity index (χ3n) is 1.72. The van der Waals surface area contributed by atoms with Crippen LogP contribution >= 0.6 is 15.9 Å². The van der Waals surface area contributed by atoms with E-state index in [1.165, 1.54) is 0 Å². The van der Waals surface area contributed by atoms with E-state index in [1.54, 1.807) is 6.92 Å². The zero-order valence-corrected chi connectivity index (χ0v) is 9.79. The van der Waals surface area contributed by atoms with Gasteiger partial charge in [0.25, 0.3) is 6.43 Å². The van der Waals surface area contributed by atoms with E-state index < -0.39 is 29.4 Å². The number of aromatic hydroxyl groups is 1. The van der Waals surface area contributed by atoms with Crippen LogP contribution < -0.4 is 0 Å². The quantitative estimate of drug-likeness (QED) is 0.871. The fourth-order valence-corrected chi connectivity index (χ4v) is 1.52. The molecule has 1 N–H and O–H groups in total. The summed E-state index contributed by atoms with van der Waals surface area (Å²) in [5, 5.41) is 9.19. The van der Waals surface area contributed by atoms with Crippen molar-refractivity contribution in [2.24, 2.45) is 0 Å². The van der Waals surface area contributed by atoms with Crippen molar-refractivity contribution in [1.82, 2.24) is 4.98 Å². The molecule has 0 aliphatic carbocycles. The molecule has 0 fully saturated rings. The van der Waals surface area contributed by atoms with E-state index in [1.807, 2.05) is 0 Å². The van der Waals surface area contributed by atoms with Gasteiger partial charge in [-0.15, -0.1) is 0 Å². The van der Waals surface area contributed by atoms with Crippen LogP contribution in [-0.2, 0) is 4.74 Å². The number of esters is 1. The normalized spacial score (nSPS) is 10.6. The van der Waals surface area contributed by atoms with Gasteiger partial charge in [0.15, 0.2) is 5.69 Å². The smallest absolute Gasteiger partial charge is 0.357 e. The van der Waals surface area contributed by atoms with Crippen LogP contribution in [0.4, 0.5) is 8.78 Å². The van der Waals surface area contributed by atoms with Crippen molar-refractivity contribution in [2.75, 3.05) is 6.61 Å². The summed E-state index contributed by atoms with van der Waals surface area (Å²) in [5.74, 6) is -1.40. The van der Waals surface area contributed by atoms with E-state index in [0.29, 0.717) is 0 Å². The summed E-state index contributed by atoms with van der Waals surface area (Å²) in [6.45, 7) is 1.61. The van der Waals surface area contributed by atoms with Crippen molar-refractivity contribution in [3.05, 3.63) is 21.9 Å². The molecule has 0 atom stereocenters. The van der Waals surface area contributed by atoms with Gasteiger partial charge >= 0.3 is 5.97 Å². The largest absolute Gasteiger partial charge is 0.505 e. The van der Waals surface area contributed by atoms with Crippen LogP contribution in [0.15, 0.2) is 10.7 Å². The average Bonchev–Trinajstić information content (AvgIpc) is 2.21.